The van der Waals surface area contributed by atoms with Gasteiger partial charge < -0.3 is 19.5 Å². The van der Waals surface area contributed by atoms with Crippen LogP contribution < -0.4 is 9.64 Å². The van der Waals surface area contributed by atoms with Crippen molar-refractivity contribution in [3.8, 4) is 5.75 Å². The van der Waals surface area contributed by atoms with Crippen molar-refractivity contribution < 1.29 is 24.2 Å². The monoisotopic (exact) mass is 277 g/mol. The summed E-state index contributed by atoms with van der Waals surface area (Å²) in [6.07, 6.45) is 1.17. The standard InChI is InChI=1S/C14H15NO5/c16-13(11-5-2-7-19-11)15-6-8-20-12-9(14(17)18)3-1-4-10(12)15/h1,3-4,11H,2,5-8H2,(H,17,18)/t11-/m1/s1. The van der Waals surface area contributed by atoms with Gasteiger partial charge in [0.25, 0.3) is 5.91 Å². The number of carbonyl (C=O) groups is 2. The lowest BCUT2D eigenvalue weighted by molar-refractivity contribution is -0.127. The van der Waals surface area contributed by atoms with Crippen molar-refractivity contribution >= 4 is 17.6 Å². The number of carboxylic acid groups (broad SMARTS) is 1. The van der Waals surface area contributed by atoms with Gasteiger partial charge in [0.15, 0.2) is 5.75 Å². The molecule has 1 amide bonds. The van der Waals surface area contributed by atoms with Crippen LogP contribution in [-0.2, 0) is 9.53 Å². The molecule has 20 heavy (non-hydrogen) atoms. The summed E-state index contributed by atoms with van der Waals surface area (Å²) in [5.41, 5.74) is 0.587. The second-order valence-corrected chi connectivity index (χ2v) is 4.80. The average molecular weight is 277 g/mol. The summed E-state index contributed by atoms with van der Waals surface area (Å²) < 4.78 is 10.9. The number of rotatable bonds is 2. The molecule has 6 nitrogen and oxygen atoms in total. The van der Waals surface area contributed by atoms with Gasteiger partial charge in [-0.2, -0.15) is 0 Å². The summed E-state index contributed by atoms with van der Waals surface area (Å²) in [5.74, 6) is -0.916. The van der Waals surface area contributed by atoms with E-state index >= 15 is 0 Å². The highest BCUT2D eigenvalue weighted by molar-refractivity contribution is 6.01. The topological polar surface area (TPSA) is 76.1 Å². The van der Waals surface area contributed by atoms with Crippen LogP contribution in [0.2, 0.25) is 0 Å². The fraction of sp³-hybridized carbons (Fsp3) is 0.429. The van der Waals surface area contributed by atoms with Gasteiger partial charge >= 0.3 is 5.97 Å². The Morgan fingerprint density at radius 2 is 2.15 bits per heavy atom. The van der Waals surface area contributed by atoms with E-state index in [0.29, 0.717) is 25.3 Å². The summed E-state index contributed by atoms with van der Waals surface area (Å²) >= 11 is 0. The molecular formula is C14H15NO5. The van der Waals surface area contributed by atoms with E-state index in [1.165, 1.54) is 6.07 Å². The number of benzene rings is 1. The summed E-state index contributed by atoms with van der Waals surface area (Å²) in [7, 11) is 0. The molecule has 2 aliphatic rings. The third-order valence-electron chi connectivity index (χ3n) is 3.55. The van der Waals surface area contributed by atoms with Crippen molar-refractivity contribution in [2.24, 2.45) is 0 Å². The number of hydrogen-bond donors (Lipinski definition) is 1. The molecule has 0 aromatic heterocycles. The zero-order valence-electron chi connectivity index (χ0n) is 10.9. The van der Waals surface area contributed by atoms with Crippen LogP contribution in [0.15, 0.2) is 18.2 Å². The Labute approximate surface area is 115 Å². The maximum absolute atomic E-state index is 12.4. The van der Waals surface area contributed by atoms with Crippen molar-refractivity contribution in [3.63, 3.8) is 0 Å². The Morgan fingerprint density at radius 1 is 1.30 bits per heavy atom. The van der Waals surface area contributed by atoms with Crippen molar-refractivity contribution in [1.82, 2.24) is 0 Å². The second-order valence-electron chi connectivity index (χ2n) is 4.80. The zero-order valence-corrected chi connectivity index (χ0v) is 10.9. The van der Waals surface area contributed by atoms with Gasteiger partial charge in [0, 0.05) is 6.61 Å². The zero-order chi connectivity index (χ0) is 14.1. The van der Waals surface area contributed by atoms with E-state index < -0.39 is 12.1 Å². The van der Waals surface area contributed by atoms with E-state index in [2.05, 4.69) is 0 Å². The Balaban J connectivity index is 1.95. The van der Waals surface area contributed by atoms with Gasteiger partial charge in [-0.1, -0.05) is 6.07 Å². The lowest BCUT2D eigenvalue weighted by atomic mass is 10.1. The predicted octanol–water partition coefficient (Wildman–Crippen LogP) is 1.29. The molecule has 3 rings (SSSR count). The molecule has 2 heterocycles. The molecule has 0 saturated carbocycles. The molecule has 0 spiro atoms. The third kappa shape index (κ3) is 2.12. The summed E-state index contributed by atoms with van der Waals surface area (Å²) in [6.45, 7) is 1.30. The summed E-state index contributed by atoms with van der Waals surface area (Å²) in [5, 5.41) is 9.17. The van der Waals surface area contributed by atoms with Crippen LogP contribution in [0.3, 0.4) is 0 Å². The molecule has 1 atom stereocenters. The smallest absolute Gasteiger partial charge is 0.339 e. The van der Waals surface area contributed by atoms with Gasteiger partial charge in [-0.3, -0.25) is 4.79 Å². The molecule has 0 unspecified atom stereocenters. The molecule has 1 fully saturated rings. The predicted molar refractivity (Wildman–Crippen MR) is 70.2 cm³/mol. The van der Waals surface area contributed by atoms with Gasteiger partial charge in [0.05, 0.1) is 12.2 Å². The molecule has 2 aliphatic heterocycles. The Morgan fingerprint density at radius 3 is 2.85 bits per heavy atom. The minimum Gasteiger partial charge on any atom is -0.489 e. The van der Waals surface area contributed by atoms with Gasteiger partial charge in [-0.25, -0.2) is 4.79 Å². The quantitative estimate of drug-likeness (QED) is 0.881. The first-order valence-corrected chi connectivity index (χ1v) is 6.60. The average Bonchev–Trinajstić information content (AvgIpc) is 2.99. The molecule has 6 heteroatoms. The second kappa shape index (κ2) is 5.13. The Bertz CT molecular complexity index is 550. The number of nitrogens with zero attached hydrogens (tertiary/aromatic N) is 1. The molecule has 0 aliphatic carbocycles. The first-order valence-electron chi connectivity index (χ1n) is 6.60. The Hall–Kier alpha value is -2.08. The molecule has 0 bridgehead atoms. The number of ether oxygens (including phenoxy) is 2. The molecule has 1 saturated heterocycles. The fourth-order valence-electron chi connectivity index (χ4n) is 2.59. The van der Waals surface area contributed by atoms with Gasteiger partial charge in [-0.15, -0.1) is 0 Å². The number of para-hydroxylation sites is 1. The fourth-order valence-corrected chi connectivity index (χ4v) is 2.59. The molecule has 106 valence electrons. The maximum Gasteiger partial charge on any atom is 0.339 e. The highest BCUT2D eigenvalue weighted by Gasteiger charge is 2.33. The number of hydrogen-bond acceptors (Lipinski definition) is 4. The lowest BCUT2D eigenvalue weighted by Gasteiger charge is -2.31. The van der Waals surface area contributed by atoms with Crippen molar-refractivity contribution in [2.45, 2.75) is 18.9 Å². The van der Waals surface area contributed by atoms with E-state index in [0.717, 1.165) is 6.42 Å². The molecular weight excluding hydrogens is 262 g/mol. The van der Waals surface area contributed by atoms with Crippen molar-refractivity contribution in [2.75, 3.05) is 24.7 Å². The van der Waals surface area contributed by atoms with Crippen molar-refractivity contribution in [1.29, 1.82) is 0 Å². The van der Waals surface area contributed by atoms with E-state index in [-0.39, 0.29) is 23.8 Å². The van der Waals surface area contributed by atoms with Crippen LogP contribution >= 0.6 is 0 Å². The number of carboxylic acids is 1. The first-order chi connectivity index (χ1) is 9.68. The van der Waals surface area contributed by atoms with Crippen LogP contribution in [0.1, 0.15) is 23.2 Å². The third-order valence-corrected chi connectivity index (χ3v) is 3.55. The van der Waals surface area contributed by atoms with Gasteiger partial charge in [0.2, 0.25) is 0 Å². The highest BCUT2D eigenvalue weighted by atomic mass is 16.5. The highest BCUT2D eigenvalue weighted by Crippen LogP contribution is 2.36. The van der Waals surface area contributed by atoms with Crippen LogP contribution in [-0.4, -0.2) is 42.8 Å². The largest absolute Gasteiger partial charge is 0.489 e. The SMILES string of the molecule is O=C(O)c1cccc2c1OCCN2C(=O)[C@H]1CCCO1. The van der Waals surface area contributed by atoms with Crippen molar-refractivity contribution in [3.05, 3.63) is 23.8 Å². The normalized spacial score (nSPS) is 21.2. The first kappa shape index (κ1) is 12.9. The minimum atomic E-state index is -1.06. The number of amides is 1. The van der Waals surface area contributed by atoms with E-state index in [1.54, 1.807) is 17.0 Å². The van der Waals surface area contributed by atoms with Crippen LogP contribution in [0.4, 0.5) is 5.69 Å². The summed E-state index contributed by atoms with van der Waals surface area (Å²) in [4.78, 5) is 25.2. The van der Waals surface area contributed by atoms with Crippen LogP contribution in [0, 0.1) is 0 Å². The van der Waals surface area contributed by atoms with E-state index in [9.17, 15) is 9.59 Å². The molecule has 0 radical (unpaired) electrons. The Kier molecular flexibility index (Phi) is 3.31. The van der Waals surface area contributed by atoms with Gasteiger partial charge in [0.1, 0.15) is 18.3 Å². The maximum atomic E-state index is 12.4. The van der Waals surface area contributed by atoms with E-state index in [4.69, 9.17) is 14.6 Å². The molecule has 1 aromatic rings. The van der Waals surface area contributed by atoms with E-state index in [1.807, 2.05) is 0 Å². The molecule has 1 N–H and O–H groups in total. The number of fused-ring (bicyclic) bond motifs is 1. The minimum absolute atomic E-state index is 0.0762. The molecule has 1 aromatic carbocycles. The summed E-state index contributed by atoms with van der Waals surface area (Å²) in [6, 6.07) is 4.79. The number of anilines is 1. The number of carbonyl (C=O) groups excluding carboxylic acids is 1. The van der Waals surface area contributed by atoms with Crippen LogP contribution in [0.5, 0.6) is 5.75 Å². The van der Waals surface area contributed by atoms with Crippen LogP contribution in [0.25, 0.3) is 0 Å². The van der Waals surface area contributed by atoms with Gasteiger partial charge in [-0.05, 0) is 25.0 Å². The lowest BCUT2D eigenvalue weighted by Crippen LogP contribution is -2.43. The number of aromatic carboxylic acids is 1.